The van der Waals surface area contributed by atoms with Crippen LogP contribution in [0.15, 0.2) is 72.8 Å². The first-order valence-electron chi connectivity index (χ1n) is 13.7. The van der Waals surface area contributed by atoms with Crippen molar-refractivity contribution in [3.8, 4) is 5.75 Å². The summed E-state index contributed by atoms with van der Waals surface area (Å²) in [5.41, 5.74) is 5.10. The number of carbonyl (C=O) groups excluding carboxylic acids is 1. The average Bonchev–Trinajstić information content (AvgIpc) is 2.87. The van der Waals surface area contributed by atoms with E-state index in [9.17, 15) is 9.90 Å². The molecule has 3 aromatic rings. The van der Waals surface area contributed by atoms with E-state index in [2.05, 4.69) is 102 Å². The molecule has 1 aliphatic rings. The van der Waals surface area contributed by atoms with Gasteiger partial charge in [0.05, 0.1) is 0 Å². The van der Waals surface area contributed by atoms with Crippen LogP contribution < -0.4 is 0 Å². The van der Waals surface area contributed by atoms with Gasteiger partial charge in [0.15, 0.2) is 0 Å². The lowest BCUT2D eigenvalue weighted by molar-refractivity contribution is -0.149. The highest BCUT2D eigenvalue weighted by atomic mass is 32.2. The van der Waals surface area contributed by atoms with E-state index in [1.807, 2.05) is 23.9 Å². The lowest BCUT2D eigenvalue weighted by Gasteiger charge is -2.35. The fourth-order valence-electron chi connectivity index (χ4n) is 5.22. The Hall–Kier alpha value is -2.72. The van der Waals surface area contributed by atoms with Gasteiger partial charge in [0, 0.05) is 29.8 Å². The van der Waals surface area contributed by atoms with E-state index in [1.54, 1.807) is 0 Å². The lowest BCUT2D eigenvalue weighted by atomic mass is 9.78. The van der Waals surface area contributed by atoms with Crippen LogP contribution in [0.1, 0.15) is 99.1 Å². The van der Waals surface area contributed by atoms with Crippen LogP contribution in [0.4, 0.5) is 0 Å². The largest absolute Gasteiger partial charge is 0.507 e. The van der Waals surface area contributed by atoms with Gasteiger partial charge in [-0.1, -0.05) is 114 Å². The van der Waals surface area contributed by atoms with E-state index in [4.69, 9.17) is 4.74 Å². The van der Waals surface area contributed by atoms with Crippen LogP contribution in [0, 0.1) is 0 Å². The second-order valence-corrected chi connectivity index (χ2v) is 14.0. The lowest BCUT2D eigenvalue weighted by Crippen LogP contribution is -2.26. The molecule has 1 fully saturated rings. The molecule has 4 heteroatoms. The number of phenolic OH excluding ortho intramolecular Hbond substituents is 1. The summed E-state index contributed by atoms with van der Waals surface area (Å²) in [5, 5.41) is 11.6. The van der Waals surface area contributed by atoms with Crippen LogP contribution in [0.3, 0.4) is 0 Å². The summed E-state index contributed by atoms with van der Waals surface area (Å²) in [6, 6.07) is 25.2. The van der Waals surface area contributed by atoms with Crippen LogP contribution >= 0.6 is 11.8 Å². The Morgan fingerprint density at radius 3 is 1.68 bits per heavy atom. The number of esters is 1. The molecule has 4 rings (SSSR count). The van der Waals surface area contributed by atoms with Crippen molar-refractivity contribution in [3.05, 3.63) is 101 Å². The summed E-state index contributed by atoms with van der Waals surface area (Å²) in [5.74, 6) is 0.221. The van der Waals surface area contributed by atoms with E-state index in [1.165, 1.54) is 11.1 Å². The monoisotopic (exact) mass is 530 g/mol. The normalized spacial score (nSPS) is 20.2. The van der Waals surface area contributed by atoms with E-state index >= 15 is 0 Å². The van der Waals surface area contributed by atoms with Gasteiger partial charge in [-0.25, -0.2) is 0 Å². The van der Waals surface area contributed by atoms with Gasteiger partial charge < -0.3 is 9.84 Å². The Bertz CT molecular complexity index is 1140. The molecule has 38 heavy (non-hydrogen) atoms. The smallest absolute Gasteiger partial charge is 0.306 e. The number of benzene rings is 3. The first-order chi connectivity index (χ1) is 17.9. The van der Waals surface area contributed by atoms with Crippen LogP contribution in [-0.2, 0) is 26.8 Å². The highest BCUT2D eigenvalue weighted by Crippen LogP contribution is 2.50. The fraction of sp³-hybridized carbons (Fsp3) is 0.441. The van der Waals surface area contributed by atoms with Crippen molar-refractivity contribution in [3.63, 3.8) is 0 Å². The molecule has 2 unspecified atom stereocenters. The van der Waals surface area contributed by atoms with Crippen molar-refractivity contribution in [2.45, 2.75) is 94.7 Å². The standard InChI is InChI=1S/C34H42O3S/c1-33(2,3)27-19-23(20-28(32(27)36)34(4,5)6)17-18-31(35)37-26-21-29(24-13-9-7-10-14-24)38-30(22-26)25-15-11-8-12-16-25/h7-16,19-20,26,29-30,36H,17-18,21-22H2,1-6H3. The summed E-state index contributed by atoms with van der Waals surface area (Å²) >= 11 is 1.97. The third-order valence-corrected chi connectivity index (χ3v) is 8.91. The predicted octanol–water partition coefficient (Wildman–Crippen LogP) is 8.84. The van der Waals surface area contributed by atoms with Gasteiger partial charge in [-0.2, -0.15) is 0 Å². The summed E-state index contributed by atoms with van der Waals surface area (Å²) in [6.07, 6.45) is 2.45. The molecule has 3 aromatic carbocycles. The Balaban J connectivity index is 1.48. The topological polar surface area (TPSA) is 46.5 Å². The number of hydrogen-bond acceptors (Lipinski definition) is 4. The summed E-state index contributed by atoms with van der Waals surface area (Å²) in [7, 11) is 0. The quantitative estimate of drug-likeness (QED) is 0.323. The minimum Gasteiger partial charge on any atom is -0.507 e. The zero-order valence-corrected chi connectivity index (χ0v) is 24.5. The molecule has 0 aromatic heterocycles. The summed E-state index contributed by atoms with van der Waals surface area (Å²) < 4.78 is 6.13. The Morgan fingerprint density at radius 2 is 1.26 bits per heavy atom. The van der Waals surface area contributed by atoms with Gasteiger partial charge >= 0.3 is 5.97 Å². The van der Waals surface area contributed by atoms with Crippen LogP contribution in [-0.4, -0.2) is 17.2 Å². The number of carbonyl (C=O) groups is 1. The molecule has 2 atom stereocenters. The van der Waals surface area contributed by atoms with E-state index in [0.717, 1.165) is 29.5 Å². The van der Waals surface area contributed by atoms with Crippen molar-refractivity contribution < 1.29 is 14.6 Å². The molecule has 0 aliphatic carbocycles. The third-order valence-electron chi connectivity index (χ3n) is 7.33. The Morgan fingerprint density at radius 1 is 0.816 bits per heavy atom. The molecular weight excluding hydrogens is 488 g/mol. The number of phenols is 1. The molecule has 0 saturated carbocycles. The average molecular weight is 531 g/mol. The van der Waals surface area contributed by atoms with E-state index in [0.29, 0.717) is 18.6 Å². The summed E-state index contributed by atoms with van der Waals surface area (Å²) in [6.45, 7) is 12.7. The molecule has 1 heterocycles. The molecule has 202 valence electrons. The number of ether oxygens (including phenoxy) is 1. The highest BCUT2D eigenvalue weighted by Gasteiger charge is 2.33. The van der Waals surface area contributed by atoms with Crippen molar-refractivity contribution in [1.82, 2.24) is 0 Å². The van der Waals surface area contributed by atoms with Crippen molar-refractivity contribution in [2.24, 2.45) is 0 Å². The maximum absolute atomic E-state index is 13.1. The van der Waals surface area contributed by atoms with Gasteiger partial charge in [-0.05, 0) is 45.1 Å². The molecule has 3 nitrogen and oxygen atoms in total. The van der Waals surface area contributed by atoms with Gasteiger partial charge in [-0.3, -0.25) is 4.79 Å². The third kappa shape index (κ3) is 7.02. The first-order valence-corrected chi connectivity index (χ1v) is 14.7. The first kappa shape index (κ1) is 28.3. The molecule has 0 radical (unpaired) electrons. The molecule has 0 amide bonds. The molecule has 1 saturated heterocycles. The zero-order valence-electron chi connectivity index (χ0n) is 23.7. The fourth-order valence-corrected chi connectivity index (χ4v) is 6.89. The SMILES string of the molecule is CC(C)(C)c1cc(CCC(=O)OC2CC(c3ccccc3)SC(c3ccccc3)C2)cc(C(C)(C)C)c1O. The second-order valence-electron chi connectivity index (χ2n) is 12.6. The Labute approximate surface area is 233 Å². The minimum absolute atomic E-state index is 0.116. The summed E-state index contributed by atoms with van der Waals surface area (Å²) in [4.78, 5) is 13.1. The maximum atomic E-state index is 13.1. The van der Waals surface area contributed by atoms with E-state index < -0.39 is 0 Å². The number of aromatic hydroxyl groups is 1. The second kappa shape index (κ2) is 11.6. The number of hydrogen-bond donors (Lipinski definition) is 1. The van der Waals surface area contributed by atoms with Gasteiger partial charge in [0.1, 0.15) is 11.9 Å². The molecule has 0 bridgehead atoms. The highest BCUT2D eigenvalue weighted by molar-refractivity contribution is 7.99. The number of aryl methyl sites for hydroxylation is 1. The van der Waals surface area contributed by atoms with Crippen molar-refractivity contribution >= 4 is 17.7 Å². The van der Waals surface area contributed by atoms with E-state index in [-0.39, 0.29) is 33.4 Å². The molecular formula is C34H42O3S. The molecule has 1 N–H and O–H groups in total. The van der Waals surface area contributed by atoms with Crippen LogP contribution in [0.5, 0.6) is 5.75 Å². The zero-order chi connectivity index (χ0) is 27.5. The Kier molecular flexibility index (Phi) is 8.62. The van der Waals surface area contributed by atoms with Gasteiger partial charge in [0.2, 0.25) is 0 Å². The molecule has 1 aliphatic heterocycles. The predicted molar refractivity (Wildman–Crippen MR) is 159 cm³/mol. The minimum atomic E-state index is -0.195. The number of thioether (sulfide) groups is 1. The van der Waals surface area contributed by atoms with Gasteiger partial charge in [-0.15, -0.1) is 11.8 Å². The van der Waals surface area contributed by atoms with Gasteiger partial charge in [0.25, 0.3) is 0 Å². The van der Waals surface area contributed by atoms with Crippen molar-refractivity contribution in [2.75, 3.05) is 0 Å². The van der Waals surface area contributed by atoms with Crippen LogP contribution in [0.25, 0.3) is 0 Å². The van der Waals surface area contributed by atoms with Crippen LogP contribution in [0.2, 0.25) is 0 Å². The molecule has 0 spiro atoms. The maximum Gasteiger partial charge on any atom is 0.306 e. The van der Waals surface area contributed by atoms with Crippen molar-refractivity contribution in [1.29, 1.82) is 0 Å². The number of rotatable bonds is 6.